The van der Waals surface area contributed by atoms with Gasteiger partial charge in [0.1, 0.15) is 6.04 Å². The zero-order valence-corrected chi connectivity index (χ0v) is 11.2. The second-order valence-corrected chi connectivity index (χ2v) is 4.68. The summed E-state index contributed by atoms with van der Waals surface area (Å²) in [6, 6.07) is 3.19. The van der Waals surface area contributed by atoms with E-state index in [1.807, 2.05) is 32.9 Å². The number of nitrogens with one attached hydrogen (secondary N) is 1. The molecule has 2 N–H and O–H groups in total. The van der Waals surface area contributed by atoms with Gasteiger partial charge in [0.25, 0.3) is 0 Å². The Balaban J connectivity index is 2.80. The van der Waals surface area contributed by atoms with E-state index in [9.17, 15) is 9.59 Å². The normalized spacial score (nSPS) is 12.0. The van der Waals surface area contributed by atoms with Crippen LogP contribution in [0, 0.1) is 20.8 Å². The van der Waals surface area contributed by atoms with Crippen LogP contribution in [0.3, 0.4) is 0 Å². The Kier molecular flexibility index (Phi) is 4.48. The van der Waals surface area contributed by atoms with E-state index in [1.54, 1.807) is 0 Å². The highest BCUT2D eigenvalue weighted by atomic mass is 16.4. The molecule has 1 amide bonds. The van der Waals surface area contributed by atoms with Crippen molar-refractivity contribution < 1.29 is 14.7 Å². The van der Waals surface area contributed by atoms with Crippen LogP contribution >= 0.6 is 0 Å². The molecular formula is C14H19NO3. The minimum atomic E-state index is -1.03. The highest BCUT2D eigenvalue weighted by Gasteiger charge is 2.15. The minimum Gasteiger partial charge on any atom is -0.480 e. The number of carboxylic acids is 1. The van der Waals surface area contributed by atoms with Crippen LogP contribution in [-0.4, -0.2) is 23.0 Å². The van der Waals surface area contributed by atoms with E-state index in [4.69, 9.17) is 5.11 Å². The summed E-state index contributed by atoms with van der Waals surface area (Å²) in [5, 5.41) is 11.2. The molecule has 1 aromatic rings. The highest BCUT2D eigenvalue weighted by Crippen LogP contribution is 2.16. The fourth-order valence-electron chi connectivity index (χ4n) is 2.00. The summed E-state index contributed by atoms with van der Waals surface area (Å²) in [6.07, 6.45) is 0.218. The van der Waals surface area contributed by atoms with E-state index in [1.165, 1.54) is 6.92 Å². The molecule has 0 aliphatic heterocycles. The quantitative estimate of drug-likeness (QED) is 0.854. The summed E-state index contributed by atoms with van der Waals surface area (Å²) in [5.74, 6) is -1.29. The summed E-state index contributed by atoms with van der Waals surface area (Å²) in [6.45, 7) is 7.39. The lowest BCUT2D eigenvalue weighted by atomic mass is 9.97. The molecule has 0 fully saturated rings. The lowest BCUT2D eigenvalue weighted by Crippen LogP contribution is -2.39. The summed E-state index contributed by atoms with van der Waals surface area (Å²) in [5.41, 5.74) is 4.25. The molecule has 0 aliphatic rings. The first-order chi connectivity index (χ1) is 8.31. The van der Waals surface area contributed by atoms with Crippen molar-refractivity contribution in [1.29, 1.82) is 0 Å². The number of amides is 1. The van der Waals surface area contributed by atoms with Gasteiger partial charge in [0.2, 0.25) is 5.91 Å². The average molecular weight is 249 g/mol. The van der Waals surface area contributed by atoms with Gasteiger partial charge in [-0.1, -0.05) is 17.7 Å². The fraction of sp³-hybridized carbons (Fsp3) is 0.429. The van der Waals surface area contributed by atoms with Gasteiger partial charge in [-0.3, -0.25) is 9.59 Å². The molecule has 0 saturated heterocycles. The van der Waals surface area contributed by atoms with Crippen molar-refractivity contribution in [3.8, 4) is 0 Å². The van der Waals surface area contributed by atoms with E-state index < -0.39 is 12.0 Å². The topological polar surface area (TPSA) is 66.4 Å². The van der Waals surface area contributed by atoms with Gasteiger partial charge in [-0.25, -0.2) is 0 Å². The number of carboxylic acid groups (broad SMARTS) is 1. The predicted octanol–water partition coefficient (Wildman–Crippen LogP) is 1.74. The maximum Gasteiger partial charge on any atom is 0.325 e. The molecule has 0 aromatic heterocycles. The van der Waals surface area contributed by atoms with Crippen LogP contribution in [-0.2, 0) is 16.0 Å². The smallest absolute Gasteiger partial charge is 0.325 e. The molecule has 0 spiro atoms. The van der Waals surface area contributed by atoms with Crippen LogP contribution in [0.15, 0.2) is 12.1 Å². The molecule has 18 heavy (non-hydrogen) atoms. The third kappa shape index (κ3) is 3.58. The van der Waals surface area contributed by atoms with E-state index in [2.05, 4.69) is 5.32 Å². The summed E-state index contributed by atoms with van der Waals surface area (Å²) >= 11 is 0. The van der Waals surface area contributed by atoms with Crippen LogP contribution in [0.2, 0.25) is 0 Å². The lowest BCUT2D eigenvalue weighted by Gasteiger charge is -2.13. The molecule has 0 saturated carbocycles. The third-order valence-corrected chi connectivity index (χ3v) is 2.93. The van der Waals surface area contributed by atoms with Crippen molar-refractivity contribution in [3.05, 3.63) is 34.4 Å². The van der Waals surface area contributed by atoms with Gasteiger partial charge in [-0.15, -0.1) is 0 Å². The average Bonchev–Trinajstić information content (AvgIpc) is 2.23. The van der Waals surface area contributed by atoms with Crippen molar-refractivity contribution >= 4 is 11.9 Å². The molecule has 98 valence electrons. The van der Waals surface area contributed by atoms with Crippen LogP contribution in [0.5, 0.6) is 0 Å². The molecule has 1 atom stereocenters. The van der Waals surface area contributed by atoms with Gasteiger partial charge in [-0.2, -0.15) is 0 Å². The maximum atomic E-state index is 11.7. The largest absolute Gasteiger partial charge is 0.480 e. The Morgan fingerprint density at radius 3 is 2.17 bits per heavy atom. The number of carbonyl (C=O) groups is 2. The van der Waals surface area contributed by atoms with Crippen LogP contribution < -0.4 is 5.32 Å². The van der Waals surface area contributed by atoms with Crippen molar-refractivity contribution in [3.63, 3.8) is 0 Å². The number of aliphatic carboxylic acids is 1. The standard InChI is InChI=1S/C14H19NO3/c1-8-5-9(2)12(10(3)6-8)7-13(16)15-11(4)14(17)18/h5-6,11H,7H2,1-4H3,(H,15,16)(H,17,18). The van der Waals surface area contributed by atoms with Crippen molar-refractivity contribution in [2.45, 2.75) is 40.2 Å². The molecular weight excluding hydrogens is 230 g/mol. The highest BCUT2D eigenvalue weighted by molar-refractivity contribution is 5.85. The van der Waals surface area contributed by atoms with Gasteiger partial charge in [0.15, 0.2) is 0 Å². The van der Waals surface area contributed by atoms with Crippen molar-refractivity contribution in [1.82, 2.24) is 5.32 Å². The molecule has 0 aliphatic carbocycles. The second-order valence-electron chi connectivity index (χ2n) is 4.68. The fourth-order valence-corrected chi connectivity index (χ4v) is 2.00. The molecule has 1 rings (SSSR count). The molecule has 0 heterocycles. The Labute approximate surface area is 107 Å². The van der Waals surface area contributed by atoms with E-state index in [0.29, 0.717) is 0 Å². The Morgan fingerprint density at radius 1 is 1.22 bits per heavy atom. The number of carbonyl (C=O) groups excluding carboxylic acids is 1. The number of hydrogen-bond acceptors (Lipinski definition) is 2. The Morgan fingerprint density at radius 2 is 1.72 bits per heavy atom. The summed E-state index contributed by atoms with van der Waals surface area (Å²) < 4.78 is 0. The Hall–Kier alpha value is -1.84. The molecule has 4 nitrogen and oxygen atoms in total. The first-order valence-corrected chi connectivity index (χ1v) is 5.90. The Bertz CT molecular complexity index is 457. The van der Waals surface area contributed by atoms with Gasteiger partial charge in [0.05, 0.1) is 6.42 Å². The molecule has 0 radical (unpaired) electrons. The molecule has 1 unspecified atom stereocenters. The van der Waals surface area contributed by atoms with Crippen molar-refractivity contribution in [2.24, 2.45) is 0 Å². The van der Waals surface area contributed by atoms with E-state index >= 15 is 0 Å². The first kappa shape index (κ1) is 14.2. The van der Waals surface area contributed by atoms with Gasteiger partial charge in [0, 0.05) is 0 Å². The zero-order valence-electron chi connectivity index (χ0n) is 11.2. The first-order valence-electron chi connectivity index (χ1n) is 5.90. The molecule has 1 aromatic carbocycles. The van der Waals surface area contributed by atoms with Crippen LogP contribution in [0.4, 0.5) is 0 Å². The SMILES string of the molecule is Cc1cc(C)c(CC(=O)NC(C)C(=O)O)c(C)c1. The van der Waals surface area contributed by atoms with E-state index in [0.717, 1.165) is 22.3 Å². The van der Waals surface area contributed by atoms with Crippen LogP contribution in [0.1, 0.15) is 29.2 Å². The van der Waals surface area contributed by atoms with Crippen LogP contribution in [0.25, 0.3) is 0 Å². The second kappa shape index (κ2) is 5.67. The number of benzene rings is 1. The summed E-state index contributed by atoms with van der Waals surface area (Å²) in [4.78, 5) is 22.4. The lowest BCUT2D eigenvalue weighted by molar-refractivity contribution is -0.141. The molecule has 4 heteroatoms. The number of rotatable bonds is 4. The maximum absolute atomic E-state index is 11.7. The van der Waals surface area contributed by atoms with Gasteiger partial charge < -0.3 is 10.4 Å². The summed E-state index contributed by atoms with van der Waals surface area (Å²) in [7, 11) is 0. The predicted molar refractivity (Wildman–Crippen MR) is 69.6 cm³/mol. The monoisotopic (exact) mass is 249 g/mol. The van der Waals surface area contributed by atoms with Gasteiger partial charge in [-0.05, 0) is 44.4 Å². The zero-order chi connectivity index (χ0) is 13.9. The number of aryl methyl sites for hydroxylation is 3. The van der Waals surface area contributed by atoms with Gasteiger partial charge >= 0.3 is 5.97 Å². The molecule has 0 bridgehead atoms. The van der Waals surface area contributed by atoms with E-state index in [-0.39, 0.29) is 12.3 Å². The third-order valence-electron chi connectivity index (χ3n) is 2.93. The number of hydrogen-bond donors (Lipinski definition) is 2. The van der Waals surface area contributed by atoms with Crippen molar-refractivity contribution in [2.75, 3.05) is 0 Å². The minimum absolute atomic E-state index is 0.218.